The van der Waals surface area contributed by atoms with E-state index in [1.165, 1.54) is 24.3 Å². The molecule has 3 radical (unpaired) electrons. The normalized spacial score (nSPS) is 17.5. The molecule has 0 saturated heterocycles. The van der Waals surface area contributed by atoms with Crippen LogP contribution in [0.4, 0.5) is 0 Å². The van der Waals surface area contributed by atoms with Gasteiger partial charge in [-0.05, 0) is 35.3 Å². The second-order valence-corrected chi connectivity index (χ2v) is 42.7. The fraction of sp³-hybridized carbons (Fsp3) is 0.0811. The number of aromatic amines is 4. The third-order valence-corrected chi connectivity index (χ3v) is 31.3. The number of amidine groups is 2. The summed E-state index contributed by atoms with van der Waals surface area (Å²) in [6.45, 7) is -1.84. The van der Waals surface area contributed by atoms with E-state index in [9.17, 15) is 94.7 Å². The third-order valence-electron chi connectivity index (χ3n) is 21.5. The first-order valence-corrected chi connectivity index (χ1v) is 50.8. The van der Waals surface area contributed by atoms with Crippen LogP contribution in [0.15, 0.2) is 193 Å². The van der Waals surface area contributed by atoms with Gasteiger partial charge in [-0.2, -0.15) is 9.98 Å². The topological polar surface area (TPSA) is 751 Å². The van der Waals surface area contributed by atoms with Gasteiger partial charge in [-0.1, -0.05) is 145 Å². The summed E-state index contributed by atoms with van der Waals surface area (Å²) in [7, 11) is -46.7. The van der Waals surface area contributed by atoms with Gasteiger partial charge in [0.05, 0.1) is 40.5 Å². The number of fused-ring (bicyclic) bond motifs is 46. The minimum Gasteiger partial charge on any atom is -0.744 e. The van der Waals surface area contributed by atoms with Crippen LogP contribution < -0.4 is 30.7 Å². The van der Waals surface area contributed by atoms with Crippen molar-refractivity contribution >= 4 is 238 Å². The summed E-state index contributed by atoms with van der Waals surface area (Å²) in [6.07, 6.45) is 0. The first-order chi connectivity index (χ1) is 63.2. The molecule has 63 heteroatoms. The van der Waals surface area contributed by atoms with E-state index in [2.05, 4.69) is 120 Å². The van der Waals surface area contributed by atoms with Crippen molar-refractivity contribution < 1.29 is 146 Å². The Morgan fingerprint density at radius 1 is 0.307 bits per heavy atom. The molecule has 22 rings (SSSR count). The number of aliphatic imine (C=N–C) groups is 4. The number of rotatable bonds is 6. The molecule has 8 aromatic carbocycles. The van der Waals surface area contributed by atoms with Gasteiger partial charge in [-0.3, -0.25) is 0 Å². The standard InChI is InChI=1S/2C37H23Cl2N13O11S4.3Cu/c2*38-35-50-36-40-12-13-41-64(53,54)26-23(37(39,51-35)52-36)24(66(58,59)60)21-22(25(26)67(61,62)63)34-48-32-20-18(10-5-11-19(20)65(55,56)57)31(47-32)45-29-15-7-2-1-6-14(15)27(43-29)42-28-16-8-3-4-9-17(16)30(44-28)46-33(21)49-34;;;/h2*1-11,41H,12-13H2,(H,55,56,57)(H,58,59,60)(H,61,62,63)(H2,40,50,51,52)(H2,42,43,44,45,46,47,48,49);;;/q;;3*+2/p-6. The maximum atomic E-state index is 14.5. The zero-order valence-electron chi connectivity index (χ0n) is 66.3. The molecule has 2 atom stereocenters. The first kappa shape index (κ1) is 95.7. The summed E-state index contributed by atoms with van der Waals surface area (Å²) in [4.78, 5) is 70.7. The SMILES string of the molecule is O=S(=O)([O-])c1cccc2c1-c1nc-2nc2[nH]c(nc3nc(nc4[nH]c(n1)c1c(S(=O)(=O)[O-])c5c(c(S(=O)(=O)[O-])c41)C1(Cl)N=C(N=C(Cl)N1)NCCNS5(=O)=O)-c1ccccc1-3)c1ccccc21.O=S(=O)([O-])c1cccc2c1-c1nc-2nc2[nH]c(nc3nc(nc4[nH]c(n1)c1c(S(=O)(=O)[O-])c5c(c(S(=O)(=O)[O-])c41)C1(Cl)N=C(N=C(Cl)N1)NCCNS5(=O)=O)-c1ccccc1-3)c1ccccc21.[Cu+2].[Cu+2].[Cu+2]. The van der Waals surface area contributed by atoms with E-state index in [1.807, 2.05) is 0 Å². The molecule has 8 aliphatic heterocycles. The molecule has 0 amide bonds. The number of alkyl halides is 2. The van der Waals surface area contributed by atoms with Crippen molar-refractivity contribution in [3.8, 4) is 91.1 Å². The van der Waals surface area contributed by atoms with E-state index < -0.39 is 244 Å². The summed E-state index contributed by atoms with van der Waals surface area (Å²) in [6, 6.07) is 33.6. The predicted octanol–water partition coefficient (Wildman–Crippen LogP) is 4.72. The number of H-pyrrole nitrogens is 4. The van der Waals surface area contributed by atoms with E-state index in [0.29, 0.717) is 32.7 Å². The molecule has 0 aliphatic carbocycles. The third kappa shape index (κ3) is 16.1. The van der Waals surface area contributed by atoms with Gasteiger partial charge in [0, 0.05) is 114 Å². The van der Waals surface area contributed by atoms with E-state index >= 15 is 0 Å². The van der Waals surface area contributed by atoms with Crippen molar-refractivity contribution in [2.75, 3.05) is 26.2 Å². The van der Waals surface area contributed by atoms with Crippen molar-refractivity contribution in [1.82, 2.24) is 110 Å². The van der Waals surface area contributed by atoms with Crippen LogP contribution in [0.25, 0.3) is 179 Å². The molecule has 10 N–H and O–H groups in total. The predicted molar refractivity (Wildman–Crippen MR) is 469 cm³/mol. The maximum absolute atomic E-state index is 14.5. The molecule has 0 saturated carbocycles. The molecule has 137 heavy (non-hydrogen) atoms. The Hall–Kier alpha value is -11.6. The van der Waals surface area contributed by atoms with E-state index in [1.54, 1.807) is 97.1 Å². The summed E-state index contributed by atoms with van der Waals surface area (Å²) < 4.78 is 307. The Balaban J connectivity index is 0.000000178. The summed E-state index contributed by atoms with van der Waals surface area (Å²) in [5, 5.41) is -0.170. The van der Waals surface area contributed by atoms with Gasteiger partial charge in [0.25, 0.3) is 0 Å². The molecule has 14 aromatic rings. The minimum atomic E-state index is -6.26. The first-order valence-electron chi connectivity index (χ1n) is 37.8. The molecule has 0 spiro atoms. The monoisotopic (exact) mass is 2230 g/mol. The number of nitrogens with one attached hydrogen (secondary N) is 10. The van der Waals surface area contributed by atoms with Crippen molar-refractivity contribution in [1.29, 1.82) is 0 Å². The molecule has 2 unspecified atom stereocenters. The number of nitrogens with zero attached hydrogens (tertiary/aromatic N) is 16. The number of guanidine groups is 2. The Morgan fingerprint density at radius 3 is 0.861 bits per heavy atom. The van der Waals surface area contributed by atoms with Crippen molar-refractivity contribution in [2.45, 2.75) is 49.4 Å². The molecule has 14 heterocycles. The Morgan fingerprint density at radius 2 is 0.562 bits per heavy atom. The zero-order chi connectivity index (χ0) is 94.3. The number of sulfonamides is 2. The van der Waals surface area contributed by atoms with Crippen LogP contribution in [-0.2, 0) is 142 Å². The Kier molecular flexibility index (Phi) is 23.3. The number of aromatic nitrogens is 16. The summed E-state index contributed by atoms with van der Waals surface area (Å²) in [5.41, 5.74) is -5.68. The van der Waals surface area contributed by atoms with E-state index in [4.69, 9.17) is 56.4 Å². The van der Waals surface area contributed by atoms with Gasteiger partial charge in [-0.15, -0.1) is 0 Å². The second-order valence-electron chi connectivity index (χ2n) is 29.5. The quantitative estimate of drug-likeness (QED) is 0.0466. The van der Waals surface area contributed by atoms with Crippen LogP contribution in [0.2, 0.25) is 0 Å². The molecule has 8 aliphatic rings. The van der Waals surface area contributed by atoms with Crippen molar-refractivity contribution in [3.05, 3.63) is 145 Å². The fourth-order valence-electron chi connectivity index (χ4n) is 16.4. The van der Waals surface area contributed by atoms with Crippen molar-refractivity contribution in [3.63, 3.8) is 0 Å². The average molecular weight is 2230 g/mol. The van der Waals surface area contributed by atoms with Gasteiger partial charge in [0.1, 0.15) is 116 Å². The minimum absolute atomic E-state index is 0. The van der Waals surface area contributed by atoms with Crippen LogP contribution in [0.5, 0.6) is 0 Å². The molecular weight excluding hydrogens is 2190 g/mol. The van der Waals surface area contributed by atoms with Gasteiger partial charge in [0.2, 0.25) is 52.8 Å². The molecular formula is C74H40Cl4Cu3N26O22S8. The number of benzene rings is 8. The average Bonchev–Trinajstić information content (AvgIpc) is 1.60. The van der Waals surface area contributed by atoms with Gasteiger partial charge < -0.3 is 68.5 Å². The number of hydrogen-bond donors (Lipinski definition) is 10. The van der Waals surface area contributed by atoms with E-state index in [-0.39, 0.29) is 144 Å². The van der Waals surface area contributed by atoms with Gasteiger partial charge >= 0.3 is 51.2 Å². The van der Waals surface area contributed by atoms with Gasteiger partial charge in [-0.25, -0.2) is 147 Å². The van der Waals surface area contributed by atoms with Crippen LogP contribution >= 0.6 is 46.4 Å². The summed E-state index contributed by atoms with van der Waals surface area (Å²) >= 11 is 26.5. The molecule has 707 valence electrons. The van der Waals surface area contributed by atoms with Crippen LogP contribution in [0.1, 0.15) is 11.1 Å². The Bertz CT molecular complexity index is 8930. The molecule has 6 aromatic heterocycles. The van der Waals surface area contributed by atoms with Crippen molar-refractivity contribution in [2.24, 2.45) is 20.0 Å². The molecule has 48 nitrogen and oxygen atoms in total. The van der Waals surface area contributed by atoms with Crippen LogP contribution in [-0.4, -0.2) is 223 Å². The molecule has 0 fully saturated rings. The second kappa shape index (κ2) is 33.3. The van der Waals surface area contributed by atoms with Crippen LogP contribution in [0, 0.1) is 0 Å². The summed E-state index contributed by atoms with van der Waals surface area (Å²) in [5.74, 6) is -3.36. The molecule has 20 bridgehead atoms. The zero-order valence-corrected chi connectivity index (χ0v) is 78.7. The van der Waals surface area contributed by atoms with Crippen LogP contribution in [0.3, 0.4) is 0 Å². The number of halogens is 4. The largest absolute Gasteiger partial charge is 2.00 e. The Labute approximate surface area is 818 Å². The maximum Gasteiger partial charge on any atom is 2.00 e. The number of hydrogen-bond acceptors (Lipinski definition) is 42. The smallest absolute Gasteiger partial charge is 0.744 e. The fourth-order valence-corrected chi connectivity index (χ4v) is 26.9. The van der Waals surface area contributed by atoms with E-state index in [0.717, 1.165) is 12.1 Å². The van der Waals surface area contributed by atoms with Gasteiger partial charge in [0.15, 0.2) is 46.6 Å².